The highest BCUT2D eigenvalue weighted by Crippen LogP contribution is 2.23. The zero-order valence-corrected chi connectivity index (χ0v) is 13.8. The second-order valence-corrected chi connectivity index (χ2v) is 5.94. The molecule has 1 aromatic rings. The van der Waals surface area contributed by atoms with Gasteiger partial charge < -0.3 is 15.4 Å². The summed E-state index contributed by atoms with van der Waals surface area (Å²) < 4.78 is 4.97. The molecule has 0 unspecified atom stereocenters. The minimum absolute atomic E-state index is 0.0177. The number of esters is 1. The molecule has 2 N–H and O–H groups in total. The summed E-state index contributed by atoms with van der Waals surface area (Å²) in [4.78, 5) is 23.8. The summed E-state index contributed by atoms with van der Waals surface area (Å²) in [7, 11) is 0. The third-order valence-corrected chi connectivity index (χ3v) is 3.27. The summed E-state index contributed by atoms with van der Waals surface area (Å²) >= 11 is 0. The van der Waals surface area contributed by atoms with Gasteiger partial charge in [0.2, 0.25) is 0 Å². The Hall–Kier alpha value is -2.30. The molecule has 5 heteroatoms. The monoisotopic (exact) mass is 304 g/mol. The molecule has 1 rings (SSSR count). The normalized spacial score (nSPS) is 11.8. The van der Waals surface area contributed by atoms with Crippen LogP contribution in [-0.4, -0.2) is 18.6 Å². The molecule has 0 aliphatic heterocycles. The molecule has 0 saturated heterocycles. The number of urea groups is 1. The Morgan fingerprint density at radius 3 is 2.45 bits per heavy atom. The second kappa shape index (κ2) is 7.64. The summed E-state index contributed by atoms with van der Waals surface area (Å²) in [5.74, 6) is -0.459. The lowest BCUT2D eigenvalue weighted by Gasteiger charge is -2.19. The number of amides is 2. The van der Waals surface area contributed by atoms with Gasteiger partial charge in [0, 0.05) is 6.20 Å². The van der Waals surface area contributed by atoms with E-state index in [1.807, 2.05) is 6.92 Å². The van der Waals surface area contributed by atoms with Crippen LogP contribution in [0.1, 0.15) is 45.0 Å². The van der Waals surface area contributed by atoms with Crippen molar-refractivity contribution in [1.29, 1.82) is 0 Å². The van der Waals surface area contributed by atoms with Gasteiger partial charge in [-0.15, -0.1) is 0 Å². The first-order valence-corrected chi connectivity index (χ1v) is 7.26. The number of anilines is 1. The van der Waals surface area contributed by atoms with E-state index >= 15 is 0 Å². The van der Waals surface area contributed by atoms with Crippen LogP contribution in [0.2, 0.25) is 0 Å². The summed E-state index contributed by atoms with van der Waals surface area (Å²) in [5.41, 5.74) is 1.77. The zero-order valence-electron chi connectivity index (χ0n) is 13.8. The maximum atomic E-state index is 12.0. The van der Waals surface area contributed by atoms with Crippen molar-refractivity contribution >= 4 is 17.7 Å². The molecule has 0 aliphatic carbocycles. The van der Waals surface area contributed by atoms with E-state index in [2.05, 4.69) is 31.4 Å². The van der Waals surface area contributed by atoms with Crippen molar-refractivity contribution in [1.82, 2.24) is 5.32 Å². The molecule has 0 aromatic heterocycles. The first-order valence-electron chi connectivity index (χ1n) is 7.26. The van der Waals surface area contributed by atoms with Gasteiger partial charge in [0.25, 0.3) is 0 Å². The number of ether oxygens (including phenoxy) is 1. The van der Waals surface area contributed by atoms with Crippen molar-refractivity contribution in [3.63, 3.8) is 0 Å². The van der Waals surface area contributed by atoms with E-state index in [-0.39, 0.29) is 12.0 Å². The lowest BCUT2D eigenvalue weighted by atomic mass is 9.88. The average Bonchev–Trinajstić information content (AvgIpc) is 2.44. The standard InChI is InChI=1S/C17H24N2O3/c1-6-22-15(20)13-9-7-8-10-14(13)19-16(21)18-11-12(2)17(3,4)5/h7-11H,6H2,1-5H3,(H2,18,19,21)/b12-11+. The summed E-state index contributed by atoms with van der Waals surface area (Å²) in [5, 5.41) is 5.33. The zero-order chi connectivity index (χ0) is 16.8. The lowest BCUT2D eigenvalue weighted by molar-refractivity contribution is 0.0527. The maximum absolute atomic E-state index is 12.0. The first kappa shape index (κ1) is 17.8. The number of nitrogens with one attached hydrogen (secondary N) is 2. The van der Waals surface area contributed by atoms with Crippen LogP contribution in [-0.2, 0) is 4.74 Å². The third kappa shape index (κ3) is 5.24. The topological polar surface area (TPSA) is 67.4 Å². The van der Waals surface area contributed by atoms with Crippen LogP contribution in [0.3, 0.4) is 0 Å². The molecule has 0 heterocycles. The SMILES string of the molecule is CCOC(=O)c1ccccc1NC(=O)N/C=C(\C)C(C)(C)C. The van der Waals surface area contributed by atoms with E-state index in [1.165, 1.54) is 0 Å². The lowest BCUT2D eigenvalue weighted by Crippen LogP contribution is -2.26. The van der Waals surface area contributed by atoms with Gasteiger partial charge in [0.15, 0.2) is 0 Å². The molecule has 1 aromatic carbocycles. The fraction of sp³-hybridized carbons (Fsp3) is 0.412. The number of hydrogen-bond acceptors (Lipinski definition) is 3. The molecule has 0 aliphatic rings. The molecule has 120 valence electrons. The van der Waals surface area contributed by atoms with E-state index in [1.54, 1.807) is 37.4 Å². The van der Waals surface area contributed by atoms with Gasteiger partial charge in [0.1, 0.15) is 0 Å². The molecule has 22 heavy (non-hydrogen) atoms. The molecular formula is C17H24N2O3. The molecule has 0 bridgehead atoms. The molecule has 0 radical (unpaired) electrons. The maximum Gasteiger partial charge on any atom is 0.340 e. The number of benzene rings is 1. The Balaban J connectivity index is 2.79. The van der Waals surface area contributed by atoms with E-state index in [4.69, 9.17) is 4.74 Å². The number of rotatable bonds is 4. The van der Waals surface area contributed by atoms with Gasteiger partial charge in [-0.2, -0.15) is 0 Å². The van der Waals surface area contributed by atoms with E-state index < -0.39 is 12.0 Å². The van der Waals surface area contributed by atoms with Crippen LogP contribution in [0.25, 0.3) is 0 Å². The van der Waals surface area contributed by atoms with Crippen molar-refractivity contribution in [3.8, 4) is 0 Å². The van der Waals surface area contributed by atoms with Crippen LogP contribution in [0.5, 0.6) is 0 Å². The van der Waals surface area contributed by atoms with Crippen LogP contribution in [0, 0.1) is 5.41 Å². The van der Waals surface area contributed by atoms with Crippen LogP contribution in [0.4, 0.5) is 10.5 Å². The van der Waals surface area contributed by atoms with Gasteiger partial charge in [0.05, 0.1) is 17.9 Å². The number of allylic oxidation sites excluding steroid dienone is 1. The second-order valence-electron chi connectivity index (χ2n) is 5.94. The van der Waals surface area contributed by atoms with E-state index in [0.717, 1.165) is 5.57 Å². The van der Waals surface area contributed by atoms with Crippen molar-refractivity contribution in [2.75, 3.05) is 11.9 Å². The van der Waals surface area contributed by atoms with Crippen molar-refractivity contribution < 1.29 is 14.3 Å². The predicted octanol–water partition coefficient (Wildman–Crippen LogP) is 3.93. The van der Waals surface area contributed by atoms with Gasteiger partial charge >= 0.3 is 12.0 Å². The molecular weight excluding hydrogens is 280 g/mol. The van der Waals surface area contributed by atoms with Crippen LogP contribution in [0.15, 0.2) is 36.0 Å². The van der Waals surface area contributed by atoms with Gasteiger partial charge in [-0.1, -0.05) is 38.5 Å². The Bertz CT molecular complexity index is 572. The Morgan fingerprint density at radius 2 is 1.86 bits per heavy atom. The largest absolute Gasteiger partial charge is 0.462 e. The average molecular weight is 304 g/mol. The van der Waals surface area contributed by atoms with Crippen LogP contribution < -0.4 is 10.6 Å². The molecule has 0 atom stereocenters. The molecule has 0 fully saturated rings. The first-order chi connectivity index (χ1) is 10.3. The third-order valence-electron chi connectivity index (χ3n) is 3.27. The molecule has 5 nitrogen and oxygen atoms in total. The summed E-state index contributed by atoms with van der Waals surface area (Å²) in [6, 6.07) is 6.34. The Labute approximate surface area is 131 Å². The quantitative estimate of drug-likeness (QED) is 0.828. The van der Waals surface area contributed by atoms with Gasteiger partial charge in [-0.3, -0.25) is 0 Å². The Morgan fingerprint density at radius 1 is 1.23 bits per heavy atom. The summed E-state index contributed by atoms with van der Waals surface area (Å²) in [6.45, 7) is 10.2. The highest BCUT2D eigenvalue weighted by molar-refractivity contribution is 6.01. The highest BCUT2D eigenvalue weighted by atomic mass is 16.5. The smallest absolute Gasteiger partial charge is 0.340 e. The molecule has 0 spiro atoms. The van der Waals surface area contributed by atoms with Gasteiger partial charge in [-0.05, 0) is 31.4 Å². The van der Waals surface area contributed by atoms with Crippen LogP contribution >= 0.6 is 0 Å². The van der Waals surface area contributed by atoms with Crippen molar-refractivity contribution in [3.05, 3.63) is 41.6 Å². The number of para-hydroxylation sites is 1. The minimum atomic E-state index is -0.459. The fourth-order valence-corrected chi connectivity index (χ4v) is 1.53. The van der Waals surface area contributed by atoms with Crippen molar-refractivity contribution in [2.24, 2.45) is 5.41 Å². The highest BCUT2D eigenvalue weighted by Gasteiger charge is 2.15. The van der Waals surface area contributed by atoms with Gasteiger partial charge in [-0.25, -0.2) is 9.59 Å². The minimum Gasteiger partial charge on any atom is -0.462 e. The molecule has 2 amide bonds. The Kier molecular flexibility index (Phi) is 6.16. The van der Waals surface area contributed by atoms with Crippen molar-refractivity contribution in [2.45, 2.75) is 34.6 Å². The number of carbonyl (C=O) groups is 2. The number of hydrogen-bond donors (Lipinski definition) is 2. The van der Waals surface area contributed by atoms with E-state index in [9.17, 15) is 9.59 Å². The molecule has 0 saturated carbocycles. The fourth-order valence-electron chi connectivity index (χ4n) is 1.53. The summed E-state index contributed by atoms with van der Waals surface area (Å²) in [6.07, 6.45) is 1.67. The number of carbonyl (C=O) groups excluding carboxylic acids is 2. The predicted molar refractivity (Wildman–Crippen MR) is 87.8 cm³/mol. The van der Waals surface area contributed by atoms with E-state index in [0.29, 0.717) is 11.3 Å².